The molecule has 2 nitrogen and oxygen atoms in total. The molecular weight excluding hydrogens is 172 g/mol. The van der Waals surface area contributed by atoms with Gasteiger partial charge in [-0.05, 0) is 19.3 Å². The summed E-state index contributed by atoms with van der Waals surface area (Å²) in [5, 5.41) is 0. The van der Waals surface area contributed by atoms with Crippen molar-refractivity contribution in [3.63, 3.8) is 0 Å². The fourth-order valence-electron chi connectivity index (χ4n) is 1.48. The van der Waals surface area contributed by atoms with Crippen molar-refractivity contribution in [2.45, 2.75) is 20.3 Å². The Morgan fingerprint density at radius 1 is 1.58 bits per heavy atom. The molecule has 1 rings (SSSR count). The zero-order chi connectivity index (χ0) is 9.41. The molecule has 1 saturated heterocycles. The van der Waals surface area contributed by atoms with Crippen molar-refractivity contribution in [2.24, 2.45) is 11.3 Å². The average Bonchev–Trinajstić information content (AvgIpc) is 1.97. The summed E-state index contributed by atoms with van der Waals surface area (Å²) in [5.41, 5.74) is -0.217. The second-order valence-corrected chi connectivity index (χ2v) is 6.06. The Hall–Kier alpha value is -0.490. The first kappa shape index (κ1) is 9.60. The highest BCUT2D eigenvalue weighted by atomic mass is 32.2. The van der Waals surface area contributed by atoms with E-state index in [-0.39, 0.29) is 22.8 Å². The topological polar surface area (TPSA) is 34.1 Å². The van der Waals surface area contributed by atoms with E-state index in [9.17, 15) is 8.42 Å². The minimum absolute atomic E-state index is 0.0845. The smallest absolute Gasteiger partial charge is 0.150 e. The second kappa shape index (κ2) is 2.77. The summed E-state index contributed by atoms with van der Waals surface area (Å²) in [4.78, 5) is 0. The molecule has 0 bridgehead atoms. The standard InChI is InChI=1S/C9H14O2S/c1-4-9(3)5-6-12(10,11)7-8(9)2/h1,8H,5-7H2,2-3H3. The molecule has 0 spiro atoms. The molecule has 1 aliphatic heterocycles. The Kier molecular flexibility index (Phi) is 2.22. The van der Waals surface area contributed by atoms with E-state index in [0.717, 1.165) is 0 Å². The minimum Gasteiger partial charge on any atom is -0.229 e. The van der Waals surface area contributed by atoms with Crippen molar-refractivity contribution >= 4 is 9.84 Å². The van der Waals surface area contributed by atoms with Crippen LogP contribution in [0.1, 0.15) is 20.3 Å². The van der Waals surface area contributed by atoms with Crippen LogP contribution in [-0.2, 0) is 9.84 Å². The van der Waals surface area contributed by atoms with Gasteiger partial charge < -0.3 is 0 Å². The van der Waals surface area contributed by atoms with Crippen molar-refractivity contribution in [3.8, 4) is 12.3 Å². The highest BCUT2D eigenvalue weighted by Crippen LogP contribution is 2.35. The lowest BCUT2D eigenvalue weighted by Crippen LogP contribution is -2.37. The summed E-state index contributed by atoms with van der Waals surface area (Å²) in [7, 11) is -2.81. The van der Waals surface area contributed by atoms with E-state index >= 15 is 0 Å². The zero-order valence-electron chi connectivity index (χ0n) is 7.50. The van der Waals surface area contributed by atoms with Crippen LogP contribution in [0, 0.1) is 23.7 Å². The average molecular weight is 186 g/mol. The maximum absolute atomic E-state index is 11.2. The van der Waals surface area contributed by atoms with Crippen molar-refractivity contribution < 1.29 is 8.42 Å². The molecule has 1 fully saturated rings. The quantitative estimate of drug-likeness (QED) is 0.530. The van der Waals surface area contributed by atoms with Gasteiger partial charge in [-0.25, -0.2) is 8.42 Å². The third kappa shape index (κ3) is 1.64. The molecule has 0 radical (unpaired) electrons. The zero-order valence-corrected chi connectivity index (χ0v) is 8.32. The fourth-order valence-corrected chi connectivity index (χ4v) is 3.51. The van der Waals surface area contributed by atoms with Crippen LogP contribution in [0.3, 0.4) is 0 Å². The van der Waals surface area contributed by atoms with Crippen molar-refractivity contribution in [1.29, 1.82) is 0 Å². The maximum atomic E-state index is 11.2. The van der Waals surface area contributed by atoms with Crippen LogP contribution in [0.2, 0.25) is 0 Å². The monoisotopic (exact) mass is 186 g/mol. The highest BCUT2D eigenvalue weighted by Gasteiger charge is 2.37. The maximum Gasteiger partial charge on any atom is 0.150 e. The molecular formula is C9H14O2S. The van der Waals surface area contributed by atoms with Gasteiger partial charge in [0.1, 0.15) is 0 Å². The lowest BCUT2D eigenvalue weighted by atomic mass is 9.77. The molecule has 3 heteroatoms. The summed E-state index contributed by atoms with van der Waals surface area (Å²) >= 11 is 0. The summed E-state index contributed by atoms with van der Waals surface area (Å²) in [5.74, 6) is 3.28. The first-order valence-corrected chi connectivity index (χ1v) is 5.90. The lowest BCUT2D eigenvalue weighted by Gasteiger charge is -2.34. The van der Waals surface area contributed by atoms with E-state index in [1.54, 1.807) is 0 Å². The second-order valence-electron chi connectivity index (χ2n) is 3.83. The van der Waals surface area contributed by atoms with Crippen LogP contribution in [0.5, 0.6) is 0 Å². The van der Waals surface area contributed by atoms with Crippen molar-refractivity contribution in [3.05, 3.63) is 0 Å². The largest absolute Gasteiger partial charge is 0.229 e. The number of rotatable bonds is 0. The molecule has 0 amide bonds. The van der Waals surface area contributed by atoms with Crippen LogP contribution in [0.15, 0.2) is 0 Å². The van der Waals surface area contributed by atoms with Gasteiger partial charge in [-0.1, -0.05) is 12.8 Å². The number of hydrogen-bond donors (Lipinski definition) is 0. The van der Waals surface area contributed by atoms with Gasteiger partial charge >= 0.3 is 0 Å². The van der Waals surface area contributed by atoms with E-state index in [1.807, 2.05) is 13.8 Å². The van der Waals surface area contributed by atoms with E-state index in [1.165, 1.54) is 0 Å². The molecule has 0 aromatic carbocycles. The SMILES string of the molecule is C#CC1(C)CCS(=O)(=O)CC1C. The Morgan fingerprint density at radius 2 is 2.17 bits per heavy atom. The first-order valence-electron chi connectivity index (χ1n) is 4.08. The summed E-state index contributed by atoms with van der Waals surface area (Å²) in [6, 6.07) is 0. The summed E-state index contributed by atoms with van der Waals surface area (Å²) in [6.45, 7) is 3.88. The molecule has 12 heavy (non-hydrogen) atoms. The first-order chi connectivity index (χ1) is 5.40. The third-order valence-electron chi connectivity index (χ3n) is 2.85. The molecule has 0 saturated carbocycles. The van der Waals surface area contributed by atoms with Gasteiger partial charge in [0.15, 0.2) is 9.84 Å². The van der Waals surface area contributed by atoms with Gasteiger partial charge in [-0.15, -0.1) is 6.42 Å². The fraction of sp³-hybridized carbons (Fsp3) is 0.778. The van der Waals surface area contributed by atoms with E-state index < -0.39 is 9.84 Å². The van der Waals surface area contributed by atoms with Gasteiger partial charge in [0, 0.05) is 5.41 Å². The Bertz CT molecular complexity index is 310. The predicted molar refractivity (Wildman–Crippen MR) is 49.4 cm³/mol. The van der Waals surface area contributed by atoms with E-state index in [2.05, 4.69) is 5.92 Å². The van der Waals surface area contributed by atoms with Crippen LogP contribution >= 0.6 is 0 Å². The third-order valence-corrected chi connectivity index (χ3v) is 4.69. The Labute approximate surface area is 74.3 Å². The van der Waals surface area contributed by atoms with Gasteiger partial charge in [0.25, 0.3) is 0 Å². The van der Waals surface area contributed by atoms with Crippen LogP contribution in [0.4, 0.5) is 0 Å². The number of sulfone groups is 1. The van der Waals surface area contributed by atoms with Crippen LogP contribution < -0.4 is 0 Å². The van der Waals surface area contributed by atoms with Gasteiger partial charge in [0.05, 0.1) is 11.5 Å². The molecule has 0 aliphatic carbocycles. The van der Waals surface area contributed by atoms with E-state index in [4.69, 9.17) is 6.42 Å². The molecule has 0 aromatic heterocycles. The van der Waals surface area contributed by atoms with Gasteiger partial charge in [-0.3, -0.25) is 0 Å². The summed E-state index contributed by atoms with van der Waals surface area (Å²) < 4.78 is 22.4. The Morgan fingerprint density at radius 3 is 2.58 bits per heavy atom. The normalized spacial score (nSPS) is 40.2. The van der Waals surface area contributed by atoms with Crippen LogP contribution in [0.25, 0.3) is 0 Å². The molecule has 2 unspecified atom stereocenters. The number of hydrogen-bond acceptors (Lipinski definition) is 2. The minimum atomic E-state index is -2.81. The number of terminal acetylenes is 1. The van der Waals surface area contributed by atoms with E-state index in [0.29, 0.717) is 6.42 Å². The highest BCUT2D eigenvalue weighted by molar-refractivity contribution is 7.91. The van der Waals surface area contributed by atoms with Gasteiger partial charge in [0.2, 0.25) is 0 Å². The van der Waals surface area contributed by atoms with Crippen molar-refractivity contribution in [1.82, 2.24) is 0 Å². The molecule has 0 N–H and O–H groups in total. The van der Waals surface area contributed by atoms with Crippen LogP contribution in [-0.4, -0.2) is 19.9 Å². The molecule has 2 atom stereocenters. The Balaban J connectivity index is 2.88. The van der Waals surface area contributed by atoms with Crippen molar-refractivity contribution in [2.75, 3.05) is 11.5 Å². The summed E-state index contributed by atoms with van der Waals surface area (Å²) in [6.07, 6.45) is 5.98. The predicted octanol–water partition coefficient (Wildman–Crippen LogP) is 1.08. The molecule has 1 heterocycles. The molecule has 0 aromatic rings. The molecule has 1 aliphatic rings. The lowest BCUT2D eigenvalue weighted by molar-refractivity contribution is 0.292. The van der Waals surface area contributed by atoms with Gasteiger partial charge in [-0.2, -0.15) is 0 Å². The molecule has 68 valence electrons.